The van der Waals surface area contributed by atoms with Gasteiger partial charge in [-0.15, -0.1) is 0 Å². The van der Waals surface area contributed by atoms with Gasteiger partial charge in [-0.05, 0) is 91.1 Å². The molecule has 0 radical (unpaired) electrons. The van der Waals surface area contributed by atoms with Gasteiger partial charge in [0.05, 0.1) is 33.6 Å². The van der Waals surface area contributed by atoms with Gasteiger partial charge in [-0.3, -0.25) is 4.98 Å². The van der Waals surface area contributed by atoms with E-state index in [9.17, 15) is 19.8 Å². The van der Waals surface area contributed by atoms with E-state index in [1.165, 1.54) is 18.6 Å². The van der Waals surface area contributed by atoms with Crippen LogP contribution in [0.15, 0.2) is 77.3 Å². The first kappa shape index (κ1) is 29.7. The quantitative estimate of drug-likeness (QED) is 0.183. The predicted molar refractivity (Wildman–Crippen MR) is 173 cm³/mol. The van der Waals surface area contributed by atoms with Crippen LogP contribution in [0.5, 0.6) is 0 Å². The van der Waals surface area contributed by atoms with Crippen LogP contribution in [0, 0.1) is 11.8 Å². The van der Waals surface area contributed by atoms with E-state index in [1.54, 1.807) is 18.3 Å². The Morgan fingerprint density at radius 2 is 1.68 bits per heavy atom. The minimum absolute atomic E-state index is 0.151. The molecule has 0 amide bonds. The van der Waals surface area contributed by atoms with Crippen LogP contribution in [0.25, 0.3) is 11.3 Å². The smallest absolute Gasteiger partial charge is 0.335 e. The maximum atomic E-state index is 11.7. The van der Waals surface area contributed by atoms with Crippen molar-refractivity contribution in [3.05, 3.63) is 101 Å². The van der Waals surface area contributed by atoms with Gasteiger partial charge in [-0.1, -0.05) is 31.5 Å². The number of anilines is 2. The number of piperidine rings is 1. The van der Waals surface area contributed by atoms with E-state index in [0.29, 0.717) is 39.1 Å². The number of nitrogens with one attached hydrogen (secondary N) is 1. The van der Waals surface area contributed by atoms with Gasteiger partial charge < -0.3 is 29.7 Å². The first-order chi connectivity index (χ1) is 21.1. The van der Waals surface area contributed by atoms with Crippen LogP contribution >= 0.6 is 23.8 Å². The zero-order valence-corrected chi connectivity index (χ0v) is 25.7. The highest BCUT2D eigenvalue weighted by Gasteiger charge is 2.43. The van der Waals surface area contributed by atoms with Crippen LogP contribution in [0.2, 0.25) is 5.02 Å². The molecular weight excluding hydrogens is 600 g/mol. The lowest BCUT2D eigenvalue weighted by molar-refractivity contribution is 0.0696. The van der Waals surface area contributed by atoms with Crippen LogP contribution in [0.1, 0.15) is 64.5 Å². The average molecular weight is 631 g/mol. The Hall–Kier alpha value is -4.41. The topological polar surface area (TPSA) is 119 Å². The highest BCUT2D eigenvalue weighted by atomic mass is 35.5. The molecular formula is C33H31ClN4O5S. The van der Waals surface area contributed by atoms with Gasteiger partial charge >= 0.3 is 11.9 Å². The number of benzene rings is 2. The van der Waals surface area contributed by atoms with Crippen molar-refractivity contribution < 1.29 is 24.2 Å². The van der Waals surface area contributed by atoms with E-state index in [4.69, 9.17) is 28.2 Å². The highest BCUT2D eigenvalue weighted by molar-refractivity contribution is 7.80. The first-order valence-corrected chi connectivity index (χ1v) is 15.1. The summed E-state index contributed by atoms with van der Waals surface area (Å²) >= 11 is 12.8. The summed E-state index contributed by atoms with van der Waals surface area (Å²) < 4.78 is 6.35. The number of hydrogen-bond acceptors (Lipinski definition) is 6. The van der Waals surface area contributed by atoms with Gasteiger partial charge in [0.25, 0.3) is 0 Å². The molecule has 4 heterocycles. The fraction of sp³-hybridized carbons (Fsp3) is 0.273. The summed E-state index contributed by atoms with van der Waals surface area (Å²) in [6.07, 6.45) is 2.91. The van der Waals surface area contributed by atoms with Crippen molar-refractivity contribution in [3.8, 4) is 11.3 Å². The Morgan fingerprint density at radius 1 is 0.977 bits per heavy atom. The molecule has 0 saturated carbocycles. The van der Waals surface area contributed by atoms with Crippen molar-refractivity contribution in [2.45, 2.75) is 32.4 Å². The molecule has 0 spiro atoms. The van der Waals surface area contributed by atoms with E-state index in [0.717, 1.165) is 36.2 Å². The molecule has 9 nitrogen and oxygen atoms in total. The number of carboxylic acid groups (broad SMARTS) is 2. The SMILES string of the molecule is C[C@H]1C[C@H](C)CN(c2ccc(N3C(=S)N[C@@H](c4ccccn4)[C@@H]3c3ccc(-c4cc(C(=O)O)cc(C(=O)O)c4)o3)cc2Cl)C1. The third kappa shape index (κ3) is 5.75. The third-order valence-electron chi connectivity index (χ3n) is 8.15. The Balaban J connectivity index is 1.40. The second-order valence-electron chi connectivity index (χ2n) is 11.6. The number of rotatable bonds is 7. The van der Waals surface area contributed by atoms with Gasteiger partial charge in [0.1, 0.15) is 17.6 Å². The number of aromatic carboxylic acids is 2. The number of thiocarbonyl (C=S) groups is 1. The van der Waals surface area contributed by atoms with Crippen LogP contribution in [-0.4, -0.2) is 45.3 Å². The van der Waals surface area contributed by atoms with Gasteiger partial charge in [0.2, 0.25) is 0 Å². The molecule has 4 aromatic rings. The minimum Gasteiger partial charge on any atom is -0.478 e. The van der Waals surface area contributed by atoms with Gasteiger partial charge in [-0.2, -0.15) is 0 Å². The molecule has 0 unspecified atom stereocenters. The van der Waals surface area contributed by atoms with Crippen LogP contribution < -0.4 is 15.1 Å². The van der Waals surface area contributed by atoms with Crippen molar-refractivity contribution in [2.24, 2.45) is 11.8 Å². The lowest BCUT2D eigenvalue weighted by atomic mass is 9.91. The monoisotopic (exact) mass is 630 g/mol. The highest BCUT2D eigenvalue weighted by Crippen LogP contribution is 2.44. The summed E-state index contributed by atoms with van der Waals surface area (Å²) in [7, 11) is 0. The summed E-state index contributed by atoms with van der Waals surface area (Å²) in [5, 5.41) is 23.6. The number of carboxylic acids is 2. The summed E-state index contributed by atoms with van der Waals surface area (Å²) in [5.74, 6) is -0.471. The van der Waals surface area contributed by atoms with E-state index in [2.05, 4.69) is 29.0 Å². The van der Waals surface area contributed by atoms with Crippen molar-refractivity contribution >= 4 is 52.2 Å². The predicted octanol–water partition coefficient (Wildman–Crippen LogP) is 7.05. The molecule has 44 heavy (non-hydrogen) atoms. The number of nitrogens with zero attached hydrogens (tertiary/aromatic N) is 3. The van der Waals surface area contributed by atoms with Crippen molar-refractivity contribution in [1.82, 2.24) is 10.3 Å². The average Bonchev–Trinajstić information content (AvgIpc) is 3.61. The summed E-state index contributed by atoms with van der Waals surface area (Å²) in [6, 6.07) is 18.1. The largest absolute Gasteiger partial charge is 0.478 e. The Kier molecular flexibility index (Phi) is 8.04. The lowest BCUT2D eigenvalue weighted by Crippen LogP contribution is -2.38. The van der Waals surface area contributed by atoms with Crippen LogP contribution in [0.3, 0.4) is 0 Å². The fourth-order valence-electron chi connectivity index (χ4n) is 6.37. The standard InChI is InChI=1S/C33H31ClN4O5S/c1-18-11-19(2)17-37(16-18)26-7-6-23(15-24(26)34)38-30(29(36-33(38)44)25-5-3-4-10-35-25)28-9-8-27(43-28)20-12-21(31(39)40)14-22(13-20)32(41)42/h3-10,12-15,18-19,29-30H,11,16-17H2,1-2H3,(H,36,44)(H,39,40)(H,41,42)/t18-,19-,29-,30-/m0/s1. The summed E-state index contributed by atoms with van der Waals surface area (Å²) in [5.41, 5.74) is 2.54. The fourth-order valence-corrected chi connectivity index (χ4v) is 7.01. The Bertz CT molecular complexity index is 1700. The van der Waals surface area contributed by atoms with E-state index < -0.39 is 18.0 Å². The molecule has 2 aromatic heterocycles. The number of carbonyl (C=O) groups is 2. The maximum Gasteiger partial charge on any atom is 0.335 e. The zero-order chi connectivity index (χ0) is 31.1. The van der Waals surface area contributed by atoms with E-state index >= 15 is 0 Å². The summed E-state index contributed by atoms with van der Waals surface area (Å²) in [6.45, 7) is 6.41. The van der Waals surface area contributed by atoms with Gasteiger partial charge in [-0.25, -0.2) is 9.59 Å². The molecule has 2 aliphatic rings. The lowest BCUT2D eigenvalue weighted by Gasteiger charge is -2.37. The van der Waals surface area contributed by atoms with Crippen LogP contribution in [-0.2, 0) is 0 Å². The van der Waals surface area contributed by atoms with Gasteiger partial charge in [0, 0.05) is 30.5 Å². The maximum absolute atomic E-state index is 11.7. The molecule has 0 bridgehead atoms. The zero-order valence-electron chi connectivity index (χ0n) is 24.1. The van der Waals surface area contributed by atoms with Crippen LogP contribution in [0.4, 0.5) is 11.4 Å². The minimum atomic E-state index is -1.23. The molecule has 226 valence electrons. The van der Waals surface area contributed by atoms with E-state index in [-0.39, 0.29) is 17.2 Å². The molecule has 2 fully saturated rings. The van der Waals surface area contributed by atoms with Crippen molar-refractivity contribution in [3.63, 3.8) is 0 Å². The number of pyridine rings is 1. The molecule has 2 saturated heterocycles. The third-order valence-corrected chi connectivity index (χ3v) is 8.76. The number of hydrogen-bond donors (Lipinski definition) is 3. The second kappa shape index (κ2) is 11.9. The second-order valence-corrected chi connectivity index (χ2v) is 12.4. The van der Waals surface area contributed by atoms with Crippen molar-refractivity contribution in [1.29, 1.82) is 0 Å². The number of furan rings is 1. The molecule has 2 aromatic carbocycles. The normalized spacial score (nSPS) is 21.8. The van der Waals surface area contributed by atoms with Gasteiger partial charge in [0.15, 0.2) is 5.11 Å². The van der Waals surface area contributed by atoms with E-state index in [1.807, 2.05) is 41.3 Å². The summed E-state index contributed by atoms with van der Waals surface area (Å²) in [4.78, 5) is 32.3. The number of aromatic nitrogens is 1. The molecule has 0 aliphatic carbocycles. The molecule has 3 N–H and O–H groups in total. The molecule has 2 aliphatic heterocycles. The Labute approximate surface area is 265 Å². The first-order valence-electron chi connectivity index (χ1n) is 14.4. The molecule has 4 atom stereocenters. The molecule has 11 heteroatoms. The number of halogens is 1. The Morgan fingerprint density at radius 3 is 2.30 bits per heavy atom. The molecule has 6 rings (SSSR count). The van der Waals surface area contributed by atoms with Crippen molar-refractivity contribution in [2.75, 3.05) is 22.9 Å².